The van der Waals surface area contributed by atoms with Crippen LogP contribution in [0.2, 0.25) is 0 Å². The Kier molecular flexibility index (Phi) is 5.87. The van der Waals surface area contributed by atoms with E-state index in [1.165, 1.54) is 6.07 Å². The minimum absolute atomic E-state index is 0.201. The van der Waals surface area contributed by atoms with Crippen LogP contribution in [-0.4, -0.2) is 40.0 Å². The van der Waals surface area contributed by atoms with Gasteiger partial charge in [0.1, 0.15) is 0 Å². The van der Waals surface area contributed by atoms with Crippen molar-refractivity contribution in [3.05, 3.63) is 22.6 Å². The lowest BCUT2D eigenvalue weighted by Crippen LogP contribution is -2.11. The Morgan fingerprint density at radius 3 is 3.13 bits per heavy atom. The molecule has 0 bridgehead atoms. The van der Waals surface area contributed by atoms with Gasteiger partial charge in [0, 0.05) is 25.0 Å². The maximum Gasteiger partial charge on any atom is 0.266 e. The quantitative estimate of drug-likeness (QED) is 0.586. The predicted octanol–water partition coefficient (Wildman–Crippen LogP) is 0.297. The zero-order valence-corrected chi connectivity index (χ0v) is 9.22. The van der Waals surface area contributed by atoms with Crippen LogP contribution in [0.1, 0.15) is 6.42 Å². The molecule has 0 aromatic carbocycles. The second kappa shape index (κ2) is 7.30. The van der Waals surface area contributed by atoms with Gasteiger partial charge in [0.25, 0.3) is 5.56 Å². The fourth-order valence-corrected chi connectivity index (χ4v) is 1.79. The molecule has 6 heteroatoms. The molecule has 0 amide bonds. The maximum atomic E-state index is 10.9. The van der Waals surface area contributed by atoms with Crippen molar-refractivity contribution in [1.29, 1.82) is 0 Å². The molecule has 15 heavy (non-hydrogen) atoms. The zero-order valence-electron chi connectivity index (χ0n) is 8.40. The smallest absolute Gasteiger partial charge is 0.266 e. The first-order chi connectivity index (χ1) is 7.33. The second-order valence-corrected chi connectivity index (χ2v) is 4.17. The summed E-state index contributed by atoms with van der Waals surface area (Å²) in [5.74, 6) is 1.92. The Morgan fingerprint density at radius 1 is 1.53 bits per heavy atom. The van der Waals surface area contributed by atoms with Gasteiger partial charge in [0.15, 0.2) is 0 Å². The number of aliphatic hydroxyl groups excluding tert-OH is 1. The molecular formula is C9H15N3O2S. The van der Waals surface area contributed by atoms with Gasteiger partial charge in [-0.1, -0.05) is 0 Å². The Labute approximate surface area is 92.3 Å². The van der Waals surface area contributed by atoms with Crippen molar-refractivity contribution in [2.75, 3.05) is 30.0 Å². The highest BCUT2D eigenvalue weighted by Gasteiger charge is 1.93. The lowest BCUT2D eigenvalue weighted by Gasteiger charge is -2.04. The van der Waals surface area contributed by atoms with Crippen LogP contribution in [0.25, 0.3) is 0 Å². The molecule has 0 radical (unpaired) electrons. The first kappa shape index (κ1) is 12.1. The highest BCUT2D eigenvalue weighted by atomic mass is 32.2. The predicted molar refractivity (Wildman–Crippen MR) is 62.4 cm³/mol. The average molecular weight is 229 g/mol. The van der Waals surface area contributed by atoms with Crippen molar-refractivity contribution >= 4 is 17.4 Å². The third kappa shape index (κ3) is 5.44. The molecule has 0 aliphatic carbocycles. The number of aromatic amines is 1. The van der Waals surface area contributed by atoms with Crippen LogP contribution < -0.4 is 10.9 Å². The fourth-order valence-electron chi connectivity index (χ4n) is 1.01. The highest BCUT2D eigenvalue weighted by Crippen LogP contribution is 2.03. The van der Waals surface area contributed by atoms with Gasteiger partial charge in [0.2, 0.25) is 0 Å². The standard InChI is InChI=1S/C9H15N3O2S/c13-3-1-4-15-5-2-10-8-6-9(14)12-11-7-8/h6-7,13H,1-5H2,(H2,10,12,14). The number of hydrogen-bond donors (Lipinski definition) is 3. The molecule has 0 saturated heterocycles. The van der Waals surface area contributed by atoms with Gasteiger partial charge in [-0.15, -0.1) is 0 Å². The van der Waals surface area contributed by atoms with Gasteiger partial charge in [-0.05, 0) is 12.2 Å². The van der Waals surface area contributed by atoms with Crippen LogP contribution in [0.5, 0.6) is 0 Å². The van der Waals surface area contributed by atoms with Crippen molar-refractivity contribution in [2.24, 2.45) is 0 Å². The molecule has 0 saturated carbocycles. The van der Waals surface area contributed by atoms with Gasteiger partial charge >= 0.3 is 0 Å². The minimum atomic E-state index is -0.201. The van der Waals surface area contributed by atoms with Crippen LogP contribution in [0, 0.1) is 0 Å². The summed E-state index contributed by atoms with van der Waals surface area (Å²) in [7, 11) is 0. The van der Waals surface area contributed by atoms with Crippen LogP contribution >= 0.6 is 11.8 Å². The van der Waals surface area contributed by atoms with Crippen molar-refractivity contribution in [2.45, 2.75) is 6.42 Å². The number of H-pyrrole nitrogens is 1. The summed E-state index contributed by atoms with van der Waals surface area (Å²) in [5, 5.41) is 17.6. The van der Waals surface area contributed by atoms with Crippen molar-refractivity contribution in [3.63, 3.8) is 0 Å². The van der Waals surface area contributed by atoms with Gasteiger partial charge in [0.05, 0.1) is 11.9 Å². The van der Waals surface area contributed by atoms with Crippen molar-refractivity contribution < 1.29 is 5.11 Å². The third-order valence-corrected chi connectivity index (χ3v) is 2.76. The van der Waals surface area contributed by atoms with E-state index in [0.29, 0.717) is 0 Å². The van der Waals surface area contributed by atoms with Gasteiger partial charge < -0.3 is 10.4 Å². The second-order valence-electron chi connectivity index (χ2n) is 2.95. The number of nitrogens with zero attached hydrogens (tertiary/aromatic N) is 1. The number of aromatic nitrogens is 2. The molecule has 5 nitrogen and oxygen atoms in total. The van der Waals surface area contributed by atoms with E-state index in [1.807, 2.05) is 0 Å². The number of rotatable bonds is 7. The molecule has 1 aromatic rings. The minimum Gasteiger partial charge on any atom is -0.396 e. The van der Waals surface area contributed by atoms with Crippen molar-refractivity contribution in [1.82, 2.24) is 10.2 Å². The first-order valence-electron chi connectivity index (χ1n) is 4.80. The molecule has 0 aliphatic rings. The van der Waals surface area contributed by atoms with E-state index in [1.54, 1.807) is 18.0 Å². The summed E-state index contributed by atoms with van der Waals surface area (Å²) < 4.78 is 0. The fraction of sp³-hybridized carbons (Fsp3) is 0.556. The van der Waals surface area contributed by atoms with E-state index in [2.05, 4.69) is 15.5 Å². The molecule has 1 aromatic heterocycles. The molecule has 0 spiro atoms. The third-order valence-electron chi connectivity index (χ3n) is 1.69. The Hall–Kier alpha value is -1.01. The van der Waals surface area contributed by atoms with Crippen LogP contribution in [0.15, 0.2) is 17.1 Å². The van der Waals surface area contributed by atoms with Crippen molar-refractivity contribution in [3.8, 4) is 0 Å². The van der Waals surface area contributed by atoms with E-state index < -0.39 is 0 Å². The van der Waals surface area contributed by atoms with Gasteiger partial charge in [-0.2, -0.15) is 16.9 Å². The monoisotopic (exact) mass is 229 g/mol. The summed E-state index contributed by atoms with van der Waals surface area (Å²) >= 11 is 1.77. The lowest BCUT2D eigenvalue weighted by molar-refractivity contribution is 0.296. The summed E-state index contributed by atoms with van der Waals surface area (Å²) in [6, 6.07) is 1.48. The van der Waals surface area contributed by atoms with Crippen LogP contribution in [0.4, 0.5) is 5.69 Å². The van der Waals surface area contributed by atoms with E-state index in [0.717, 1.165) is 30.2 Å². The summed E-state index contributed by atoms with van der Waals surface area (Å²) in [4.78, 5) is 10.9. The molecule has 0 atom stereocenters. The molecule has 3 N–H and O–H groups in total. The largest absolute Gasteiger partial charge is 0.396 e. The first-order valence-corrected chi connectivity index (χ1v) is 5.95. The number of anilines is 1. The van der Waals surface area contributed by atoms with Crippen LogP contribution in [0.3, 0.4) is 0 Å². The molecular weight excluding hydrogens is 214 g/mol. The van der Waals surface area contributed by atoms with Gasteiger partial charge in [-0.25, -0.2) is 5.10 Å². The average Bonchev–Trinajstić information content (AvgIpc) is 2.23. The van der Waals surface area contributed by atoms with Gasteiger partial charge in [-0.3, -0.25) is 4.79 Å². The summed E-state index contributed by atoms with van der Waals surface area (Å²) in [6.07, 6.45) is 2.41. The zero-order chi connectivity index (χ0) is 10.9. The Morgan fingerprint density at radius 2 is 2.40 bits per heavy atom. The Balaban J connectivity index is 2.12. The SMILES string of the molecule is O=c1cc(NCCSCCCO)cn[nH]1. The van der Waals surface area contributed by atoms with Crippen LogP contribution in [-0.2, 0) is 0 Å². The summed E-state index contributed by atoms with van der Waals surface area (Å²) in [5.41, 5.74) is 0.537. The number of aliphatic hydroxyl groups is 1. The molecule has 0 fully saturated rings. The highest BCUT2D eigenvalue weighted by molar-refractivity contribution is 7.99. The van der Waals surface area contributed by atoms with E-state index >= 15 is 0 Å². The molecule has 0 aliphatic heterocycles. The number of thioether (sulfide) groups is 1. The number of hydrogen-bond acceptors (Lipinski definition) is 5. The summed E-state index contributed by atoms with van der Waals surface area (Å²) in [6.45, 7) is 1.04. The Bertz CT molecular complexity index is 329. The number of nitrogens with one attached hydrogen (secondary N) is 2. The molecule has 1 rings (SSSR count). The maximum absolute atomic E-state index is 10.9. The molecule has 1 heterocycles. The molecule has 84 valence electrons. The van der Waals surface area contributed by atoms with E-state index in [9.17, 15) is 4.79 Å². The topological polar surface area (TPSA) is 78.0 Å². The normalized spacial score (nSPS) is 10.2. The lowest BCUT2D eigenvalue weighted by atomic mass is 10.4. The molecule has 0 unspecified atom stereocenters. The van der Waals surface area contributed by atoms with E-state index in [-0.39, 0.29) is 12.2 Å². The van der Waals surface area contributed by atoms with E-state index in [4.69, 9.17) is 5.11 Å².